The highest BCUT2D eigenvalue weighted by Gasteiger charge is 2.35. The number of rotatable bonds is 4. The number of amides is 1. The van der Waals surface area contributed by atoms with Crippen LogP contribution in [0.4, 0.5) is 5.82 Å². The lowest BCUT2D eigenvalue weighted by Crippen LogP contribution is -2.45. The van der Waals surface area contributed by atoms with E-state index in [1.165, 1.54) is 0 Å². The van der Waals surface area contributed by atoms with Crippen molar-refractivity contribution in [3.05, 3.63) is 37.1 Å². The Morgan fingerprint density at radius 3 is 2.72 bits per heavy atom. The quantitative estimate of drug-likeness (QED) is 0.845. The second-order valence-corrected chi connectivity index (χ2v) is 6.88. The summed E-state index contributed by atoms with van der Waals surface area (Å²) in [6, 6.07) is 2.22. The number of likely N-dealkylation sites (tertiary alicyclic amines) is 1. The molecule has 132 valence electrons. The molecule has 0 aromatic carbocycles. The lowest BCUT2D eigenvalue weighted by atomic mass is 9.95. The third-order valence-electron chi connectivity index (χ3n) is 5.33. The Morgan fingerprint density at radius 2 is 2.00 bits per heavy atom. The van der Waals surface area contributed by atoms with Crippen LogP contribution in [0.3, 0.4) is 0 Å². The molecule has 2 saturated heterocycles. The lowest BCUT2D eigenvalue weighted by Gasteiger charge is -2.35. The second kappa shape index (κ2) is 7.21. The monoisotopic (exact) mass is 340 g/mol. The van der Waals surface area contributed by atoms with Crippen molar-refractivity contribution < 1.29 is 4.79 Å². The predicted molar refractivity (Wildman–Crippen MR) is 93.9 cm³/mol. The molecule has 0 N–H and O–H groups in total. The first-order valence-electron chi connectivity index (χ1n) is 9.10. The number of carbonyl (C=O) groups excluding carboxylic acids is 1. The number of carbonyl (C=O) groups is 1. The van der Waals surface area contributed by atoms with E-state index in [0.717, 1.165) is 57.7 Å². The van der Waals surface area contributed by atoms with E-state index >= 15 is 0 Å². The van der Waals surface area contributed by atoms with Crippen LogP contribution in [-0.2, 0) is 11.3 Å². The topological polar surface area (TPSA) is 67.2 Å². The van der Waals surface area contributed by atoms with Crippen molar-refractivity contribution in [2.75, 3.05) is 24.5 Å². The van der Waals surface area contributed by atoms with E-state index in [1.54, 1.807) is 24.8 Å². The number of aromatic nitrogens is 4. The van der Waals surface area contributed by atoms with Gasteiger partial charge in [0.1, 0.15) is 5.82 Å². The highest BCUT2D eigenvalue weighted by molar-refractivity contribution is 5.79. The van der Waals surface area contributed by atoms with Crippen molar-refractivity contribution in [2.45, 2.75) is 38.3 Å². The summed E-state index contributed by atoms with van der Waals surface area (Å²) in [4.78, 5) is 25.9. The molecular formula is C18H24N6O. The fraction of sp³-hybridized carbons (Fsp3) is 0.556. The van der Waals surface area contributed by atoms with Crippen LogP contribution in [0.5, 0.6) is 0 Å². The van der Waals surface area contributed by atoms with Gasteiger partial charge < -0.3 is 9.80 Å². The van der Waals surface area contributed by atoms with E-state index in [1.807, 2.05) is 16.9 Å². The first kappa shape index (κ1) is 16.1. The van der Waals surface area contributed by atoms with Crippen LogP contribution in [0.2, 0.25) is 0 Å². The van der Waals surface area contributed by atoms with E-state index in [-0.39, 0.29) is 12.0 Å². The van der Waals surface area contributed by atoms with Gasteiger partial charge in [0.05, 0.1) is 18.8 Å². The zero-order valence-electron chi connectivity index (χ0n) is 14.4. The molecule has 1 atom stereocenters. The van der Waals surface area contributed by atoms with Crippen LogP contribution >= 0.6 is 0 Å². The maximum Gasteiger partial charge on any atom is 0.226 e. The molecule has 4 rings (SSSR count). The van der Waals surface area contributed by atoms with Gasteiger partial charge in [0.25, 0.3) is 0 Å². The summed E-state index contributed by atoms with van der Waals surface area (Å²) < 4.78 is 1.94. The fourth-order valence-electron chi connectivity index (χ4n) is 3.98. The van der Waals surface area contributed by atoms with Gasteiger partial charge in [-0.15, -0.1) is 0 Å². The summed E-state index contributed by atoms with van der Waals surface area (Å²) in [5.74, 6) is 1.37. The van der Waals surface area contributed by atoms with Crippen LogP contribution in [0.25, 0.3) is 0 Å². The molecule has 0 saturated carbocycles. The Labute approximate surface area is 147 Å². The minimum atomic E-state index is 0.131. The first-order valence-corrected chi connectivity index (χ1v) is 9.10. The van der Waals surface area contributed by atoms with Crippen molar-refractivity contribution >= 4 is 11.7 Å². The zero-order valence-corrected chi connectivity index (χ0v) is 14.4. The Morgan fingerprint density at radius 1 is 1.12 bits per heavy atom. The van der Waals surface area contributed by atoms with Crippen molar-refractivity contribution in [3.63, 3.8) is 0 Å². The van der Waals surface area contributed by atoms with E-state index in [4.69, 9.17) is 0 Å². The highest BCUT2D eigenvalue weighted by atomic mass is 16.2. The molecule has 2 fully saturated rings. The minimum absolute atomic E-state index is 0.131. The molecule has 2 aromatic rings. The summed E-state index contributed by atoms with van der Waals surface area (Å²) in [5, 5.41) is 4.29. The molecule has 4 heterocycles. The molecule has 0 spiro atoms. The number of piperidine rings is 1. The third-order valence-corrected chi connectivity index (χ3v) is 5.33. The third kappa shape index (κ3) is 3.50. The van der Waals surface area contributed by atoms with Gasteiger partial charge in [-0.2, -0.15) is 5.10 Å². The van der Waals surface area contributed by atoms with E-state index in [2.05, 4.69) is 24.9 Å². The summed E-state index contributed by atoms with van der Waals surface area (Å²) in [6.45, 7) is 3.42. The van der Waals surface area contributed by atoms with E-state index in [9.17, 15) is 4.79 Å². The number of anilines is 1. The van der Waals surface area contributed by atoms with Crippen molar-refractivity contribution in [3.8, 4) is 0 Å². The Hall–Kier alpha value is -2.44. The summed E-state index contributed by atoms with van der Waals surface area (Å²) >= 11 is 0. The fourth-order valence-corrected chi connectivity index (χ4v) is 3.98. The van der Waals surface area contributed by atoms with Crippen LogP contribution in [0.15, 0.2) is 37.1 Å². The molecule has 0 aliphatic carbocycles. The summed E-state index contributed by atoms with van der Waals surface area (Å²) in [6.07, 6.45) is 12.9. The smallest absolute Gasteiger partial charge is 0.226 e. The molecule has 2 aromatic heterocycles. The van der Waals surface area contributed by atoms with Crippen LogP contribution in [0.1, 0.15) is 25.7 Å². The van der Waals surface area contributed by atoms with Crippen LogP contribution < -0.4 is 4.90 Å². The Bertz CT molecular complexity index is 681. The normalized spacial score (nSPS) is 21.7. The number of hydrogen-bond donors (Lipinski definition) is 0. The average Bonchev–Trinajstić information content (AvgIpc) is 3.34. The Kier molecular flexibility index (Phi) is 4.63. The van der Waals surface area contributed by atoms with Crippen molar-refractivity contribution in [1.29, 1.82) is 0 Å². The molecule has 2 aliphatic rings. The van der Waals surface area contributed by atoms with Gasteiger partial charge in [-0.05, 0) is 31.7 Å². The highest BCUT2D eigenvalue weighted by Crippen LogP contribution is 2.27. The average molecular weight is 340 g/mol. The van der Waals surface area contributed by atoms with Crippen molar-refractivity contribution in [2.24, 2.45) is 5.92 Å². The largest absolute Gasteiger partial charge is 0.355 e. The maximum atomic E-state index is 13.0. The number of nitrogens with zero attached hydrogens (tertiary/aromatic N) is 6. The Balaban J connectivity index is 1.35. The minimum Gasteiger partial charge on any atom is -0.355 e. The molecule has 1 amide bonds. The van der Waals surface area contributed by atoms with Crippen LogP contribution in [0, 0.1) is 5.92 Å². The van der Waals surface area contributed by atoms with Gasteiger partial charge in [-0.1, -0.05) is 0 Å². The van der Waals surface area contributed by atoms with Gasteiger partial charge in [-0.25, -0.2) is 4.98 Å². The molecule has 25 heavy (non-hydrogen) atoms. The lowest BCUT2D eigenvalue weighted by molar-refractivity contribution is -0.137. The van der Waals surface area contributed by atoms with Gasteiger partial charge in [-0.3, -0.25) is 14.5 Å². The van der Waals surface area contributed by atoms with Gasteiger partial charge in [0.2, 0.25) is 5.91 Å². The zero-order chi connectivity index (χ0) is 17.1. The van der Waals surface area contributed by atoms with Gasteiger partial charge >= 0.3 is 0 Å². The van der Waals surface area contributed by atoms with Gasteiger partial charge in [0, 0.05) is 50.3 Å². The standard InChI is InChI=1S/C18H24N6O/c25-18(24-10-1-3-16(24)14-23-9-2-6-21-23)15-4-11-22(12-5-15)17-13-19-7-8-20-17/h2,6-9,13,15-16H,1,3-5,10-12,14H2/t16-/m1/s1. The first-order chi connectivity index (χ1) is 12.3. The van der Waals surface area contributed by atoms with E-state index < -0.39 is 0 Å². The summed E-state index contributed by atoms with van der Waals surface area (Å²) in [7, 11) is 0. The summed E-state index contributed by atoms with van der Waals surface area (Å²) in [5.41, 5.74) is 0. The second-order valence-electron chi connectivity index (χ2n) is 6.88. The molecule has 0 unspecified atom stereocenters. The van der Waals surface area contributed by atoms with Crippen LogP contribution in [-0.4, -0.2) is 56.2 Å². The number of hydrogen-bond acceptors (Lipinski definition) is 5. The predicted octanol–water partition coefficient (Wildman–Crippen LogP) is 1.58. The molecule has 7 heteroatoms. The van der Waals surface area contributed by atoms with E-state index in [0.29, 0.717) is 5.91 Å². The molecular weight excluding hydrogens is 316 g/mol. The molecule has 0 bridgehead atoms. The SMILES string of the molecule is O=C(C1CCN(c2cnccn2)CC1)N1CCC[C@@H]1Cn1cccn1. The molecule has 7 nitrogen and oxygen atoms in total. The molecule has 0 radical (unpaired) electrons. The maximum absolute atomic E-state index is 13.0. The van der Waals surface area contributed by atoms with Crippen molar-refractivity contribution in [1.82, 2.24) is 24.6 Å². The molecule has 2 aliphatic heterocycles. The van der Waals surface area contributed by atoms with Gasteiger partial charge in [0.15, 0.2) is 0 Å².